The molecule has 2 N–H and O–H groups in total. The van der Waals surface area contributed by atoms with Crippen LogP contribution in [-0.4, -0.2) is 72.2 Å². The molecule has 2 aromatic heterocycles. The van der Waals surface area contributed by atoms with E-state index in [1.54, 1.807) is 7.05 Å². The zero-order chi connectivity index (χ0) is 21.7. The second-order valence-corrected chi connectivity index (χ2v) is 8.63. The Morgan fingerprint density at radius 2 is 1.91 bits per heavy atom. The topological polar surface area (TPSA) is 82.4 Å². The van der Waals surface area contributed by atoms with Crippen LogP contribution in [0.25, 0.3) is 33.3 Å². The fourth-order valence-electron chi connectivity index (χ4n) is 4.79. The Bertz CT molecular complexity index is 1290. The van der Waals surface area contributed by atoms with Crippen molar-refractivity contribution in [3.63, 3.8) is 0 Å². The predicted octanol–water partition coefficient (Wildman–Crippen LogP) is 2.88. The molecule has 0 spiro atoms. The molecule has 2 aromatic carbocycles. The fraction of sp³-hybridized carbons (Fsp3) is 0.375. The van der Waals surface area contributed by atoms with Crippen LogP contribution in [0.2, 0.25) is 0 Å². The van der Waals surface area contributed by atoms with Crippen LogP contribution < -0.4 is 15.5 Å². The summed E-state index contributed by atoms with van der Waals surface area (Å²) in [7, 11) is 1.81. The number of nitrogens with zero attached hydrogens (tertiary/aromatic N) is 5. The van der Waals surface area contributed by atoms with E-state index in [1.165, 1.54) is 0 Å². The molecule has 6 rings (SSSR count). The van der Waals surface area contributed by atoms with Crippen molar-refractivity contribution in [2.24, 2.45) is 0 Å². The van der Waals surface area contributed by atoms with Crippen LogP contribution in [0.4, 0.5) is 11.8 Å². The van der Waals surface area contributed by atoms with E-state index in [-0.39, 0.29) is 0 Å². The largest absolute Gasteiger partial charge is 0.424 e. The van der Waals surface area contributed by atoms with Gasteiger partial charge >= 0.3 is 0 Å². The van der Waals surface area contributed by atoms with Gasteiger partial charge in [0.1, 0.15) is 11.3 Å². The first kappa shape index (κ1) is 19.5. The van der Waals surface area contributed by atoms with E-state index in [1.807, 2.05) is 12.3 Å². The maximum Gasteiger partial charge on any atom is 0.295 e. The number of nitrogens with one attached hydrogen (secondary N) is 2. The van der Waals surface area contributed by atoms with E-state index in [2.05, 4.69) is 56.6 Å². The summed E-state index contributed by atoms with van der Waals surface area (Å²) < 4.78 is 5.66. The molecule has 0 amide bonds. The van der Waals surface area contributed by atoms with E-state index < -0.39 is 0 Å². The number of hydrogen-bond acceptors (Lipinski definition) is 8. The van der Waals surface area contributed by atoms with Crippen molar-refractivity contribution in [2.75, 3.05) is 56.5 Å². The molecule has 2 fully saturated rings. The lowest BCUT2D eigenvalue weighted by Crippen LogP contribution is -2.63. The van der Waals surface area contributed by atoms with Crippen LogP contribution in [0.15, 0.2) is 40.9 Å². The van der Waals surface area contributed by atoms with Crippen molar-refractivity contribution >= 4 is 34.0 Å². The molecule has 2 aliphatic rings. The van der Waals surface area contributed by atoms with Crippen molar-refractivity contribution < 1.29 is 4.42 Å². The lowest BCUT2D eigenvalue weighted by molar-refractivity contribution is 0.147. The minimum Gasteiger partial charge on any atom is -0.424 e. The Labute approximate surface area is 186 Å². The Morgan fingerprint density at radius 3 is 2.72 bits per heavy atom. The van der Waals surface area contributed by atoms with Crippen LogP contribution >= 0.6 is 0 Å². The second-order valence-electron chi connectivity index (χ2n) is 8.63. The summed E-state index contributed by atoms with van der Waals surface area (Å²) in [5.41, 5.74) is 6.87. The first-order chi connectivity index (χ1) is 15.7. The summed E-state index contributed by atoms with van der Waals surface area (Å²) in [5.74, 6) is 0.967. The van der Waals surface area contributed by atoms with Crippen LogP contribution in [0.1, 0.15) is 5.56 Å². The van der Waals surface area contributed by atoms with Gasteiger partial charge in [-0.2, -0.15) is 4.98 Å². The van der Waals surface area contributed by atoms with E-state index >= 15 is 0 Å². The minimum atomic E-state index is 0.525. The van der Waals surface area contributed by atoms with Gasteiger partial charge in [-0.25, -0.2) is 4.98 Å². The highest BCUT2D eigenvalue weighted by molar-refractivity contribution is 5.89. The van der Waals surface area contributed by atoms with Crippen LogP contribution in [-0.2, 0) is 0 Å². The van der Waals surface area contributed by atoms with Crippen LogP contribution in [0, 0.1) is 6.92 Å². The lowest BCUT2D eigenvalue weighted by Gasteiger charge is -2.47. The number of piperazine rings is 1. The summed E-state index contributed by atoms with van der Waals surface area (Å²) in [4.78, 5) is 19.2. The molecule has 2 saturated heterocycles. The summed E-state index contributed by atoms with van der Waals surface area (Å²) in [6.45, 7) is 8.62. The second kappa shape index (κ2) is 7.72. The molecule has 0 aliphatic carbocycles. The summed E-state index contributed by atoms with van der Waals surface area (Å²) >= 11 is 0. The minimum absolute atomic E-state index is 0.525. The van der Waals surface area contributed by atoms with E-state index in [0.717, 1.165) is 83.9 Å². The SMILES string of the molecule is CNc1nc2cc(-c3ccc4ncc(N5CC(N6CCNCC6)C5)nc4c3C)ccc2o1. The number of fused-ring (bicyclic) bond motifs is 2. The molecule has 0 bridgehead atoms. The summed E-state index contributed by atoms with van der Waals surface area (Å²) in [5, 5.41) is 6.39. The zero-order valence-electron chi connectivity index (χ0n) is 18.4. The summed E-state index contributed by atoms with van der Waals surface area (Å²) in [6, 6.07) is 11.4. The molecule has 0 unspecified atom stereocenters. The van der Waals surface area contributed by atoms with Crippen molar-refractivity contribution in [1.82, 2.24) is 25.2 Å². The quantitative estimate of drug-likeness (QED) is 0.513. The van der Waals surface area contributed by atoms with Gasteiger partial charge in [-0.3, -0.25) is 9.88 Å². The third kappa shape index (κ3) is 3.27. The molecule has 8 nitrogen and oxygen atoms in total. The average Bonchev–Trinajstić information content (AvgIpc) is 3.22. The number of rotatable bonds is 4. The Kier molecular flexibility index (Phi) is 4.69. The van der Waals surface area contributed by atoms with Crippen molar-refractivity contribution in [3.05, 3.63) is 42.1 Å². The molecule has 4 aromatic rings. The number of anilines is 2. The van der Waals surface area contributed by atoms with Crippen molar-refractivity contribution in [1.29, 1.82) is 0 Å². The number of aryl methyl sites for hydroxylation is 1. The maximum absolute atomic E-state index is 5.66. The van der Waals surface area contributed by atoms with E-state index in [9.17, 15) is 0 Å². The van der Waals surface area contributed by atoms with Gasteiger partial charge in [0.05, 0.1) is 17.2 Å². The van der Waals surface area contributed by atoms with Gasteiger partial charge in [0, 0.05) is 52.4 Å². The molecule has 32 heavy (non-hydrogen) atoms. The number of benzene rings is 2. The third-order valence-electron chi connectivity index (χ3n) is 6.72. The third-order valence-corrected chi connectivity index (χ3v) is 6.72. The molecule has 0 atom stereocenters. The molecule has 8 heteroatoms. The Hall–Kier alpha value is -3.23. The lowest BCUT2D eigenvalue weighted by atomic mass is 9.99. The van der Waals surface area contributed by atoms with Gasteiger partial charge in [0.25, 0.3) is 6.01 Å². The van der Waals surface area contributed by atoms with Gasteiger partial charge in [-0.15, -0.1) is 0 Å². The van der Waals surface area contributed by atoms with E-state index in [0.29, 0.717) is 12.1 Å². The summed E-state index contributed by atoms with van der Waals surface area (Å²) in [6.07, 6.45) is 1.91. The predicted molar refractivity (Wildman–Crippen MR) is 127 cm³/mol. The van der Waals surface area contributed by atoms with Crippen molar-refractivity contribution in [3.8, 4) is 11.1 Å². The first-order valence-electron chi connectivity index (χ1n) is 11.2. The number of hydrogen-bond donors (Lipinski definition) is 2. The average molecular weight is 430 g/mol. The highest BCUT2D eigenvalue weighted by atomic mass is 16.4. The van der Waals surface area contributed by atoms with Crippen LogP contribution in [0.5, 0.6) is 0 Å². The first-order valence-corrected chi connectivity index (χ1v) is 11.2. The molecule has 0 saturated carbocycles. The molecular weight excluding hydrogens is 402 g/mol. The van der Waals surface area contributed by atoms with Gasteiger partial charge in [0.2, 0.25) is 0 Å². The Balaban J connectivity index is 1.30. The Morgan fingerprint density at radius 1 is 1.06 bits per heavy atom. The molecule has 4 heterocycles. The maximum atomic E-state index is 5.66. The monoisotopic (exact) mass is 429 g/mol. The van der Waals surface area contributed by atoms with Gasteiger partial charge in [0.15, 0.2) is 5.58 Å². The molecule has 164 valence electrons. The zero-order valence-corrected chi connectivity index (χ0v) is 18.4. The van der Waals surface area contributed by atoms with Crippen molar-refractivity contribution in [2.45, 2.75) is 13.0 Å². The standard InChI is InChI=1S/C24H27N7O/c1-15-18(16-3-6-21-20(11-16)28-24(25-2)32-21)4-5-19-23(15)29-22(12-27-19)31-13-17(14-31)30-9-7-26-8-10-30/h3-6,11-12,17,26H,7-10,13-14H2,1-2H3,(H,25,28). The number of aromatic nitrogens is 3. The highest BCUT2D eigenvalue weighted by Gasteiger charge is 2.33. The van der Waals surface area contributed by atoms with Gasteiger partial charge < -0.3 is 20.0 Å². The smallest absolute Gasteiger partial charge is 0.295 e. The number of oxazole rings is 1. The van der Waals surface area contributed by atoms with Gasteiger partial charge in [-0.1, -0.05) is 12.1 Å². The fourth-order valence-corrected chi connectivity index (χ4v) is 4.79. The van der Waals surface area contributed by atoms with E-state index in [4.69, 9.17) is 14.4 Å². The van der Waals surface area contributed by atoms with Gasteiger partial charge in [-0.05, 0) is 41.8 Å². The molecular formula is C24H27N7O. The normalized spacial score (nSPS) is 17.8. The van der Waals surface area contributed by atoms with Crippen LogP contribution in [0.3, 0.4) is 0 Å². The molecule has 0 radical (unpaired) electrons. The highest BCUT2D eigenvalue weighted by Crippen LogP contribution is 2.32. The molecule has 2 aliphatic heterocycles.